The summed E-state index contributed by atoms with van der Waals surface area (Å²) in [7, 11) is -3.70. The Labute approximate surface area is 121 Å². The van der Waals surface area contributed by atoms with Crippen LogP contribution in [0.25, 0.3) is 0 Å². The van der Waals surface area contributed by atoms with E-state index in [4.69, 9.17) is 5.73 Å². The summed E-state index contributed by atoms with van der Waals surface area (Å²) in [6.45, 7) is 0.331. The number of piperidine rings is 1. The van der Waals surface area contributed by atoms with Crippen molar-refractivity contribution < 1.29 is 13.2 Å². The van der Waals surface area contributed by atoms with Gasteiger partial charge in [0.25, 0.3) is 0 Å². The van der Waals surface area contributed by atoms with E-state index in [0.29, 0.717) is 17.4 Å². The zero-order valence-electron chi connectivity index (χ0n) is 10.3. The second kappa shape index (κ2) is 5.60. The van der Waals surface area contributed by atoms with Crippen LogP contribution >= 0.6 is 15.9 Å². The maximum absolute atomic E-state index is 12.6. The number of nitrogens with two attached hydrogens (primary N) is 1. The van der Waals surface area contributed by atoms with E-state index >= 15 is 0 Å². The van der Waals surface area contributed by atoms with Gasteiger partial charge >= 0.3 is 0 Å². The van der Waals surface area contributed by atoms with Gasteiger partial charge < -0.3 is 5.73 Å². The van der Waals surface area contributed by atoms with Crippen LogP contribution < -0.4 is 5.73 Å². The molecule has 1 aromatic rings. The molecule has 0 unspecified atom stereocenters. The Bertz CT molecular complexity index is 588. The fourth-order valence-corrected chi connectivity index (χ4v) is 4.89. The Hall–Kier alpha value is -0.920. The molecule has 0 saturated carbocycles. The number of carbonyl (C=O) groups is 1. The fraction of sp³-hybridized carbons (Fsp3) is 0.417. The number of rotatable bonds is 3. The van der Waals surface area contributed by atoms with Crippen LogP contribution in [0.3, 0.4) is 0 Å². The zero-order valence-corrected chi connectivity index (χ0v) is 12.7. The predicted octanol–water partition coefficient (Wildman–Crippen LogP) is 1.48. The quantitative estimate of drug-likeness (QED) is 0.899. The fourth-order valence-electron chi connectivity index (χ4n) is 2.26. The van der Waals surface area contributed by atoms with Crippen molar-refractivity contribution in [2.24, 2.45) is 5.73 Å². The van der Waals surface area contributed by atoms with Gasteiger partial charge in [0.05, 0.1) is 4.90 Å². The third-order valence-corrected chi connectivity index (χ3v) is 6.13. The van der Waals surface area contributed by atoms with Crippen LogP contribution in [0.15, 0.2) is 33.6 Å². The van der Waals surface area contributed by atoms with Crippen LogP contribution in [0.5, 0.6) is 0 Å². The lowest BCUT2D eigenvalue weighted by Gasteiger charge is -2.32. The Morgan fingerprint density at radius 1 is 1.32 bits per heavy atom. The van der Waals surface area contributed by atoms with Crippen molar-refractivity contribution in [3.8, 4) is 0 Å². The van der Waals surface area contributed by atoms with Gasteiger partial charge in [-0.1, -0.05) is 18.6 Å². The molecule has 1 aliphatic rings. The van der Waals surface area contributed by atoms with E-state index in [1.54, 1.807) is 18.2 Å². The van der Waals surface area contributed by atoms with Crippen molar-refractivity contribution in [1.82, 2.24) is 4.31 Å². The van der Waals surface area contributed by atoms with Crippen LogP contribution in [0.2, 0.25) is 0 Å². The van der Waals surface area contributed by atoms with Crippen molar-refractivity contribution in [3.05, 3.63) is 28.7 Å². The van der Waals surface area contributed by atoms with E-state index in [1.165, 1.54) is 10.4 Å². The number of amides is 1. The third kappa shape index (κ3) is 2.82. The highest BCUT2D eigenvalue weighted by Gasteiger charge is 2.37. The maximum atomic E-state index is 12.6. The molecule has 0 aromatic heterocycles. The molecule has 1 fully saturated rings. The van der Waals surface area contributed by atoms with Crippen LogP contribution in [0, 0.1) is 0 Å². The highest BCUT2D eigenvalue weighted by molar-refractivity contribution is 9.10. The van der Waals surface area contributed by atoms with Crippen LogP contribution in [0.1, 0.15) is 19.3 Å². The molecule has 1 aromatic carbocycles. The van der Waals surface area contributed by atoms with Crippen molar-refractivity contribution in [2.45, 2.75) is 30.2 Å². The second-order valence-corrected chi connectivity index (χ2v) is 7.17. The maximum Gasteiger partial charge on any atom is 0.244 e. The number of hydrogen-bond donors (Lipinski definition) is 1. The summed E-state index contributed by atoms with van der Waals surface area (Å²) in [5.74, 6) is -0.588. The van der Waals surface area contributed by atoms with Gasteiger partial charge in [-0.25, -0.2) is 8.42 Å². The summed E-state index contributed by atoms with van der Waals surface area (Å²) in [5.41, 5.74) is 5.31. The standard InChI is InChI=1S/C12H15BrN2O3S/c13-9-5-1-2-7-11(9)19(17,18)15-8-4-3-6-10(15)12(14)16/h1-2,5,7,10H,3-4,6,8H2,(H2,14,16)/t10-/m0/s1. The number of halogens is 1. The zero-order chi connectivity index (χ0) is 14.0. The molecule has 0 aliphatic carbocycles. The minimum Gasteiger partial charge on any atom is -0.368 e. The van der Waals surface area contributed by atoms with Gasteiger partial charge in [0.2, 0.25) is 15.9 Å². The van der Waals surface area contributed by atoms with Crippen molar-refractivity contribution in [1.29, 1.82) is 0 Å². The summed E-state index contributed by atoms with van der Waals surface area (Å²) in [5, 5.41) is 0. The summed E-state index contributed by atoms with van der Waals surface area (Å²) < 4.78 is 26.9. The Kier molecular flexibility index (Phi) is 4.27. The summed E-state index contributed by atoms with van der Waals surface area (Å²) in [6, 6.07) is 5.83. The molecule has 1 heterocycles. The molecule has 2 rings (SSSR count). The number of nitrogens with zero attached hydrogens (tertiary/aromatic N) is 1. The molecule has 1 amide bonds. The molecular formula is C12H15BrN2O3S. The molecule has 1 saturated heterocycles. The Morgan fingerprint density at radius 3 is 2.63 bits per heavy atom. The first kappa shape index (κ1) is 14.5. The lowest BCUT2D eigenvalue weighted by Crippen LogP contribution is -2.50. The molecule has 1 atom stereocenters. The number of benzene rings is 1. The number of carbonyl (C=O) groups excluding carboxylic acids is 1. The highest BCUT2D eigenvalue weighted by atomic mass is 79.9. The van der Waals surface area contributed by atoms with E-state index in [0.717, 1.165) is 12.8 Å². The van der Waals surface area contributed by atoms with Gasteiger partial charge in [0.1, 0.15) is 6.04 Å². The van der Waals surface area contributed by atoms with Gasteiger partial charge in [-0.05, 0) is 40.9 Å². The van der Waals surface area contributed by atoms with E-state index in [-0.39, 0.29) is 4.90 Å². The SMILES string of the molecule is NC(=O)[C@@H]1CCCCN1S(=O)(=O)c1ccccc1Br. The first-order valence-electron chi connectivity index (χ1n) is 6.00. The molecule has 2 N–H and O–H groups in total. The lowest BCUT2D eigenvalue weighted by atomic mass is 10.0. The van der Waals surface area contributed by atoms with Gasteiger partial charge in [0.15, 0.2) is 0 Å². The first-order chi connectivity index (χ1) is 8.94. The normalized spacial score (nSPS) is 21.2. The second-order valence-electron chi connectivity index (χ2n) is 4.46. The lowest BCUT2D eigenvalue weighted by molar-refractivity contribution is -0.122. The average molecular weight is 347 g/mol. The topological polar surface area (TPSA) is 80.5 Å². The molecule has 1 aliphatic heterocycles. The molecular weight excluding hydrogens is 332 g/mol. The van der Waals surface area contributed by atoms with Crippen molar-refractivity contribution >= 4 is 31.9 Å². The van der Waals surface area contributed by atoms with Gasteiger partial charge in [-0.2, -0.15) is 4.31 Å². The number of primary amides is 1. The minimum absolute atomic E-state index is 0.170. The van der Waals surface area contributed by atoms with E-state index in [9.17, 15) is 13.2 Å². The Balaban J connectivity index is 2.43. The third-order valence-electron chi connectivity index (χ3n) is 3.21. The van der Waals surface area contributed by atoms with E-state index in [1.807, 2.05) is 0 Å². The number of hydrogen-bond acceptors (Lipinski definition) is 3. The van der Waals surface area contributed by atoms with Crippen LogP contribution in [-0.4, -0.2) is 31.2 Å². The number of sulfonamides is 1. The van der Waals surface area contributed by atoms with Gasteiger partial charge in [-0.3, -0.25) is 4.79 Å². The van der Waals surface area contributed by atoms with E-state index < -0.39 is 22.0 Å². The van der Waals surface area contributed by atoms with Crippen LogP contribution in [-0.2, 0) is 14.8 Å². The van der Waals surface area contributed by atoms with Gasteiger partial charge in [0, 0.05) is 11.0 Å². The molecule has 0 radical (unpaired) electrons. The largest absolute Gasteiger partial charge is 0.368 e. The molecule has 19 heavy (non-hydrogen) atoms. The van der Waals surface area contributed by atoms with Crippen molar-refractivity contribution in [3.63, 3.8) is 0 Å². The average Bonchev–Trinajstić information content (AvgIpc) is 2.39. The molecule has 0 bridgehead atoms. The minimum atomic E-state index is -3.70. The molecule has 104 valence electrons. The predicted molar refractivity (Wildman–Crippen MR) is 74.9 cm³/mol. The molecule has 0 spiro atoms. The van der Waals surface area contributed by atoms with Gasteiger partial charge in [-0.15, -0.1) is 0 Å². The van der Waals surface area contributed by atoms with Crippen LogP contribution in [0.4, 0.5) is 0 Å². The summed E-state index contributed by atoms with van der Waals surface area (Å²) in [4.78, 5) is 11.6. The smallest absolute Gasteiger partial charge is 0.244 e. The monoisotopic (exact) mass is 346 g/mol. The van der Waals surface area contributed by atoms with Crippen molar-refractivity contribution in [2.75, 3.05) is 6.54 Å². The van der Waals surface area contributed by atoms with E-state index in [2.05, 4.69) is 15.9 Å². The summed E-state index contributed by atoms with van der Waals surface area (Å²) in [6.07, 6.45) is 2.04. The molecule has 5 nitrogen and oxygen atoms in total. The highest BCUT2D eigenvalue weighted by Crippen LogP contribution is 2.29. The summed E-state index contributed by atoms with van der Waals surface area (Å²) >= 11 is 3.23. The molecule has 7 heteroatoms. The first-order valence-corrected chi connectivity index (χ1v) is 8.23. The Morgan fingerprint density at radius 2 is 2.00 bits per heavy atom.